The summed E-state index contributed by atoms with van der Waals surface area (Å²) in [5.41, 5.74) is 3.95. The second kappa shape index (κ2) is 5.89. The van der Waals surface area contributed by atoms with Crippen LogP contribution >= 0.6 is 0 Å². The Kier molecular flexibility index (Phi) is 3.70. The molecule has 24 heavy (non-hydrogen) atoms. The van der Waals surface area contributed by atoms with Crippen LogP contribution in [0.2, 0.25) is 0 Å². The number of hydrogen-bond donors (Lipinski definition) is 1. The summed E-state index contributed by atoms with van der Waals surface area (Å²) in [6.45, 7) is 3.65. The summed E-state index contributed by atoms with van der Waals surface area (Å²) < 4.78 is 1.72. The first-order valence-electron chi connectivity index (χ1n) is 8.51. The molecule has 0 aromatic carbocycles. The summed E-state index contributed by atoms with van der Waals surface area (Å²) in [5.74, 6) is 0.960. The molecule has 1 N–H and O–H groups in total. The summed E-state index contributed by atoms with van der Waals surface area (Å²) in [6, 6.07) is 1.95. The second-order valence-corrected chi connectivity index (χ2v) is 6.68. The largest absolute Gasteiger partial charge is 0.354 e. The molecule has 0 saturated carbocycles. The van der Waals surface area contributed by atoms with Crippen LogP contribution in [0.4, 0.5) is 5.82 Å². The van der Waals surface area contributed by atoms with E-state index in [1.807, 2.05) is 20.0 Å². The SMILES string of the molecule is Cc1cc(C(=O)NC2CCN(c3ncnc4c3CCC4)C2)nn1C. The number of nitrogens with zero attached hydrogens (tertiary/aromatic N) is 5. The van der Waals surface area contributed by atoms with Crippen molar-refractivity contribution in [2.24, 2.45) is 7.05 Å². The first-order chi connectivity index (χ1) is 11.6. The average molecular weight is 326 g/mol. The topological polar surface area (TPSA) is 75.9 Å². The molecular formula is C17H22N6O. The highest BCUT2D eigenvalue weighted by molar-refractivity contribution is 5.92. The van der Waals surface area contributed by atoms with Crippen molar-refractivity contribution < 1.29 is 4.79 Å². The van der Waals surface area contributed by atoms with Gasteiger partial charge in [-0.3, -0.25) is 9.48 Å². The summed E-state index contributed by atoms with van der Waals surface area (Å²) >= 11 is 0. The number of hydrogen-bond acceptors (Lipinski definition) is 5. The average Bonchev–Trinajstić information content (AvgIpc) is 3.28. The maximum absolute atomic E-state index is 12.4. The van der Waals surface area contributed by atoms with Gasteiger partial charge in [0.15, 0.2) is 0 Å². The summed E-state index contributed by atoms with van der Waals surface area (Å²) in [5, 5.41) is 7.35. The minimum absolute atomic E-state index is 0.0986. The predicted molar refractivity (Wildman–Crippen MR) is 90.1 cm³/mol. The molecule has 7 heteroatoms. The van der Waals surface area contributed by atoms with Crippen molar-refractivity contribution in [2.45, 2.75) is 38.6 Å². The number of carbonyl (C=O) groups is 1. The van der Waals surface area contributed by atoms with Crippen molar-refractivity contribution in [1.82, 2.24) is 25.1 Å². The number of fused-ring (bicyclic) bond motifs is 1. The quantitative estimate of drug-likeness (QED) is 0.911. The molecule has 1 unspecified atom stereocenters. The first-order valence-corrected chi connectivity index (χ1v) is 8.51. The fraction of sp³-hybridized carbons (Fsp3) is 0.529. The van der Waals surface area contributed by atoms with Gasteiger partial charge < -0.3 is 10.2 Å². The second-order valence-electron chi connectivity index (χ2n) is 6.68. The van der Waals surface area contributed by atoms with Gasteiger partial charge in [-0.05, 0) is 38.7 Å². The van der Waals surface area contributed by atoms with Crippen molar-refractivity contribution >= 4 is 11.7 Å². The van der Waals surface area contributed by atoms with Gasteiger partial charge in [-0.25, -0.2) is 9.97 Å². The normalized spacial score (nSPS) is 19.6. The van der Waals surface area contributed by atoms with Crippen LogP contribution in [-0.2, 0) is 19.9 Å². The van der Waals surface area contributed by atoms with Gasteiger partial charge in [-0.2, -0.15) is 5.10 Å². The van der Waals surface area contributed by atoms with Crippen LogP contribution in [0.25, 0.3) is 0 Å². The highest BCUT2D eigenvalue weighted by Crippen LogP contribution is 2.29. The first kappa shape index (κ1) is 15.1. The van der Waals surface area contributed by atoms with E-state index in [-0.39, 0.29) is 11.9 Å². The maximum atomic E-state index is 12.4. The number of amides is 1. The fourth-order valence-electron chi connectivity index (χ4n) is 3.62. The molecule has 2 aromatic heterocycles. The molecule has 0 spiro atoms. The lowest BCUT2D eigenvalue weighted by atomic mass is 10.2. The molecule has 2 aliphatic rings. The van der Waals surface area contributed by atoms with Crippen LogP contribution in [0.5, 0.6) is 0 Å². The lowest BCUT2D eigenvalue weighted by Crippen LogP contribution is -2.37. The molecule has 1 fully saturated rings. The molecule has 1 aliphatic carbocycles. The zero-order chi connectivity index (χ0) is 16.7. The Balaban J connectivity index is 1.44. The van der Waals surface area contributed by atoms with E-state index in [1.165, 1.54) is 11.3 Å². The van der Waals surface area contributed by atoms with E-state index >= 15 is 0 Å². The van der Waals surface area contributed by atoms with E-state index in [9.17, 15) is 4.79 Å². The molecule has 1 saturated heterocycles. The Bertz CT molecular complexity index is 764. The van der Waals surface area contributed by atoms with Crippen LogP contribution in [-0.4, -0.2) is 44.8 Å². The summed E-state index contributed by atoms with van der Waals surface area (Å²) in [7, 11) is 1.85. The van der Waals surface area contributed by atoms with Crippen LogP contribution in [0.15, 0.2) is 12.4 Å². The van der Waals surface area contributed by atoms with Gasteiger partial charge in [0, 0.05) is 43.1 Å². The minimum atomic E-state index is -0.0986. The van der Waals surface area contributed by atoms with Gasteiger partial charge >= 0.3 is 0 Å². The van der Waals surface area contributed by atoms with Crippen molar-refractivity contribution in [3.63, 3.8) is 0 Å². The molecule has 1 atom stereocenters. The lowest BCUT2D eigenvalue weighted by Gasteiger charge is -2.20. The van der Waals surface area contributed by atoms with Crippen molar-refractivity contribution in [3.8, 4) is 0 Å². The van der Waals surface area contributed by atoms with E-state index in [0.717, 1.165) is 50.3 Å². The van der Waals surface area contributed by atoms with Gasteiger partial charge in [-0.1, -0.05) is 0 Å². The Morgan fingerprint density at radius 2 is 2.21 bits per heavy atom. The van der Waals surface area contributed by atoms with Crippen molar-refractivity contribution in [1.29, 1.82) is 0 Å². The third-order valence-corrected chi connectivity index (χ3v) is 5.02. The Morgan fingerprint density at radius 3 is 3.00 bits per heavy atom. The predicted octanol–water partition coefficient (Wildman–Crippen LogP) is 1.02. The maximum Gasteiger partial charge on any atom is 0.272 e. The summed E-state index contributed by atoms with van der Waals surface area (Å²) in [6.07, 6.45) is 5.87. The van der Waals surface area contributed by atoms with E-state index in [2.05, 4.69) is 25.3 Å². The van der Waals surface area contributed by atoms with E-state index in [4.69, 9.17) is 0 Å². The van der Waals surface area contributed by atoms with Crippen LogP contribution in [0, 0.1) is 6.92 Å². The molecule has 0 radical (unpaired) electrons. The van der Waals surface area contributed by atoms with Crippen molar-refractivity contribution in [3.05, 3.63) is 35.0 Å². The molecule has 126 valence electrons. The van der Waals surface area contributed by atoms with Gasteiger partial charge in [0.25, 0.3) is 5.91 Å². The molecule has 2 aromatic rings. The Labute approximate surface area is 141 Å². The summed E-state index contributed by atoms with van der Waals surface area (Å²) in [4.78, 5) is 23.5. The number of aromatic nitrogens is 4. The van der Waals surface area contributed by atoms with Crippen LogP contribution in [0.3, 0.4) is 0 Å². The Morgan fingerprint density at radius 1 is 1.33 bits per heavy atom. The number of anilines is 1. The van der Waals surface area contributed by atoms with E-state index < -0.39 is 0 Å². The minimum Gasteiger partial charge on any atom is -0.354 e. The number of carbonyl (C=O) groups excluding carboxylic acids is 1. The molecule has 7 nitrogen and oxygen atoms in total. The molecule has 3 heterocycles. The zero-order valence-corrected chi connectivity index (χ0v) is 14.1. The fourth-order valence-corrected chi connectivity index (χ4v) is 3.62. The highest BCUT2D eigenvalue weighted by Gasteiger charge is 2.29. The van der Waals surface area contributed by atoms with Gasteiger partial charge in [0.05, 0.1) is 0 Å². The smallest absolute Gasteiger partial charge is 0.272 e. The van der Waals surface area contributed by atoms with Gasteiger partial charge in [-0.15, -0.1) is 0 Å². The molecule has 1 amide bonds. The number of aryl methyl sites for hydroxylation is 3. The van der Waals surface area contributed by atoms with Crippen LogP contribution < -0.4 is 10.2 Å². The van der Waals surface area contributed by atoms with E-state index in [1.54, 1.807) is 11.0 Å². The number of nitrogens with one attached hydrogen (secondary N) is 1. The van der Waals surface area contributed by atoms with Crippen LogP contribution in [0.1, 0.15) is 40.3 Å². The van der Waals surface area contributed by atoms with Crippen molar-refractivity contribution in [2.75, 3.05) is 18.0 Å². The Hall–Kier alpha value is -2.44. The number of rotatable bonds is 3. The zero-order valence-electron chi connectivity index (χ0n) is 14.1. The third-order valence-electron chi connectivity index (χ3n) is 5.02. The van der Waals surface area contributed by atoms with Gasteiger partial charge in [0.1, 0.15) is 17.8 Å². The molecule has 1 aliphatic heterocycles. The standard InChI is InChI=1S/C17H22N6O/c1-11-8-15(21-22(11)2)17(24)20-12-6-7-23(9-12)16-13-4-3-5-14(13)18-10-19-16/h8,10,12H,3-7,9H2,1-2H3,(H,20,24). The molecule has 4 rings (SSSR count). The molecule has 0 bridgehead atoms. The monoisotopic (exact) mass is 326 g/mol. The van der Waals surface area contributed by atoms with E-state index in [0.29, 0.717) is 5.69 Å². The lowest BCUT2D eigenvalue weighted by molar-refractivity contribution is 0.0934. The molecular weight excluding hydrogens is 304 g/mol. The highest BCUT2D eigenvalue weighted by atomic mass is 16.2. The third kappa shape index (κ3) is 2.64. The van der Waals surface area contributed by atoms with Gasteiger partial charge in [0.2, 0.25) is 0 Å².